The highest BCUT2D eigenvalue weighted by atomic mass is 16.3. The van der Waals surface area contributed by atoms with E-state index < -0.39 is 58.0 Å². The number of rotatable bonds is 5. The largest absolute Gasteiger partial charge is 0.510 e. The fourth-order valence-electron chi connectivity index (χ4n) is 5.87. The second kappa shape index (κ2) is 8.47. The molecule has 6 N–H and O–H groups in total. The molecule has 0 saturated heterocycles. The zero-order valence-corrected chi connectivity index (χ0v) is 20.2. The van der Waals surface area contributed by atoms with Gasteiger partial charge in [-0.3, -0.25) is 19.3 Å². The maximum Gasteiger partial charge on any atom is 0.255 e. The number of benzene rings is 1. The summed E-state index contributed by atoms with van der Waals surface area (Å²) in [6, 6.07) is 2.19. The zero-order chi connectivity index (χ0) is 26.0. The van der Waals surface area contributed by atoms with E-state index in [-0.39, 0.29) is 29.7 Å². The molecular weight excluding hydrogens is 454 g/mol. The van der Waals surface area contributed by atoms with Gasteiger partial charge in [0.1, 0.15) is 22.8 Å². The van der Waals surface area contributed by atoms with Crippen LogP contribution in [0.2, 0.25) is 0 Å². The van der Waals surface area contributed by atoms with Crippen LogP contribution in [0.4, 0.5) is 0 Å². The summed E-state index contributed by atoms with van der Waals surface area (Å²) in [5.74, 6) is -6.45. The molecule has 188 valence electrons. The molecule has 4 rings (SSSR count). The number of amides is 1. The number of hydrogen-bond donors (Lipinski definition) is 5. The maximum atomic E-state index is 13.6. The van der Waals surface area contributed by atoms with Gasteiger partial charge in [0.15, 0.2) is 11.4 Å². The lowest BCUT2D eigenvalue weighted by atomic mass is 9.58. The van der Waals surface area contributed by atoms with E-state index in [1.54, 1.807) is 20.2 Å². The lowest BCUT2D eigenvalue weighted by Crippen LogP contribution is -2.63. The Labute approximate surface area is 202 Å². The average molecular weight is 486 g/mol. The van der Waals surface area contributed by atoms with Gasteiger partial charge in [0.25, 0.3) is 5.91 Å². The maximum absolute atomic E-state index is 13.6. The number of likely N-dealkylation sites (N-methyl/N-ethyl adjacent to an activating group) is 1. The lowest BCUT2D eigenvalue weighted by Gasteiger charge is -2.50. The third-order valence-electron chi connectivity index (χ3n) is 7.68. The first kappa shape index (κ1) is 24.9. The molecule has 10 heteroatoms. The van der Waals surface area contributed by atoms with E-state index in [4.69, 9.17) is 5.73 Å². The number of ketones is 2. The number of nitrogens with two attached hydrogens (primary N) is 1. The van der Waals surface area contributed by atoms with Crippen LogP contribution in [0.1, 0.15) is 34.8 Å². The lowest BCUT2D eigenvalue weighted by molar-refractivity contribution is -0.148. The highest BCUT2D eigenvalue weighted by molar-refractivity contribution is 6.24. The molecule has 0 fully saturated rings. The molecule has 0 heterocycles. The van der Waals surface area contributed by atoms with Crippen LogP contribution in [0.5, 0.6) is 5.75 Å². The number of phenols is 1. The standard InChI is InChI=1S/C25H31N3O7/c1-5-28(4)10-11-6-7-15(29)17-13(11)8-12-9-14-19(27(2)3)21(31)18(24(26)34)23(33)25(14,35)22(32)16(12)20(17)30/h6-7,12,14,19,29,31-32,35H,5,8-10H2,1-4H3,(H2,26,34)/t12?,14?,19-,25-/m0/s1. The molecule has 1 amide bonds. The highest BCUT2D eigenvalue weighted by Crippen LogP contribution is 2.52. The molecule has 0 bridgehead atoms. The Hall–Kier alpha value is -3.21. The number of hydrogen-bond acceptors (Lipinski definition) is 9. The summed E-state index contributed by atoms with van der Waals surface area (Å²) in [7, 11) is 5.14. The van der Waals surface area contributed by atoms with Gasteiger partial charge in [0.2, 0.25) is 5.78 Å². The second-order valence-electron chi connectivity index (χ2n) is 9.89. The Balaban J connectivity index is 1.92. The normalized spacial score (nSPS) is 28.4. The van der Waals surface area contributed by atoms with Gasteiger partial charge in [0.05, 0.1) is 11.6 Å². The van der Waals surface area contributed by atoms with Crippen molar-refractivity contribution in [2.45, 2.75) is 38.0 Å². The van der Waals surface area contributed by atoms with Crippen molar-refractivity contribution in [1.82, 2.24) is 9.80 Å². The number of Topliss-reactive ketones (excluding diaryl/α,β-unsaturated/α-hetero) is 2. The molecule has 1 aromatic carbocycles. The Morgan fingerprint density at radius 2 is 1.83 bits per heavy atom. The third kappa shape index (κ3) is 3.47. The van der Waals surface area contributed by atoms with Crippen LogP contribution in [-0.2, 0) is 22.6 Å². The van der Waals surface area contributed by atoms with Crippen molar-refractivity contribution in [3.05, 3.63) is 51.5 Å². The number of aliphatic hydroxyl groups excluding tert-OH is 2. The Morgan fingerprint density at radius 1 is 1.17 bits per heavy atom. The summed E-state index contributed by atoms with van der Waals surface area (Å²) < 4.78 is 0. The van der Waals surface area contributed by atoms with Crippen LogP contribution in [0.15, 0.2) is 34.8 Å². The Kier molecular flexibility index (Phi) is 6.03. The summed E-state index contributed by atoms with van der Waals surface area (Å²) in [6.45, 7) is 3.32. The molecule has 10 nitrogen and oxygen atoms in total. The van der Waals surface area contributed by atoms with E-state index in [2.05, 4.69) is 4.90 Å². The number of fused-ring (bicyclic) bond motifs is 3. The van der Waals surface area contributed by atoms with E-state index in [1.807, 2.05) is 14.0 Å². The van der Waals surface area contributed by atoms with Crippen LogP contribution in [0, 0.1) is 11.8 Å². The van der Waals surface area contributed by atoms with Crippen molar-refractivity contribution >= 4 is 17.5 Å². The van der Waals surface area contributed by atoms with Gasteiger partial charge < -0.3 is 31.1 Å². The number of carbonyl (C=O) groups excluding carboxylic acids is 3. The topological polar surface area (TPSA) is 165 Å². The summed E-state index contributed by atoms with van der Waals surface area (Å²) in [4.78, 5) is 42.5. The van der Waals surface area contributed by atoms with E-state index in [1.165, 1.54) is 11.0 Å². The summed E-state index contributed by atoms with van der Waals surface area (Å²) in [5.41, 5.74) is 3.30. The minimum absolute atomic E-state index is 0.0350. The van der Waals surface area contributed by atoms with Crippen LogP contribution >= 0.6 is 0 Å². The SMILES string of the molecule is CCN(C)Cc1ccc(O)c2c1CC1CC3[C@H](N(C)C)C(O)=C(C(N)=O)C(=O)[C@@]3(O)C(O)=C1C2=O. The van der Waals surface area contributed by atoms with E-state index >= 15 is 0 Å². The first-order chi connectivity index (χ1) is 16.4. The molecule has 3 aliphatic carbocycles. The predicted molar refractivity (Wildman–Crippen MR) is 126 cm³/mol. The van der Waals surface area contributed by atoms with Crippen LogP contribution < -0.4 is 5.73 Å². The summed E-state index contributed by atoms with van der Waals surface area (Å²) in [5, 5.41) is 44.2. The summed E-state index contributed by atoms with van der Waals surface area (Å²) >= 11 is 0. The average Bonchev–Trinajstić information content (AvgIpc) is 2.77. The number of carbonyl (C=O) groups is 3. The molecule has 0 aliphatic heterocycles. The second-order valence-corrected chi connectivity index (χ2v) is 9.89. The number of allylic oxidation sites excluding steroid dienone is 1. The third-order valence-corrected chi connectivity index (χ3v) is 7.68. The minimum Gasteiger partial charge on any atom is -0.510 e. The van der Waals surface area contributed by atoms with Gasteiger partial charge in [0, 0.05) is 18.0 Å². The first-order valence-corrected chi connectivity index (χ1v) is 11.5. The molecule has 4 atom stereocenters. The number of phenolic OH excluding ortho intramolecular Hbond substituents is 1. The predicted octanol–water partition coefficient (Wildman–Crippen LogP) is 0.572. The molecule has 0 radical (unpaired) electrons. The van der Waals surface area contributed by atoms with Gasteiger partial charge in [-0.25, -0.2) is 0 Å². The minimum atomic E-state index is -2.62. The molecule has 35 heavy (non-hydrogen) atoms. The number of aliphatic hydroxyl groups is 3. The number of aromatic hydroxyl groups is 1. The van der Waals surface area contributed by atoms with Crippen molar-refractivity contribution < 1.29 is 34.8 Å². The van der Waals surface area contributed by atoms with Crippen molar-refractivity contribution in [3.8, 4) is 5.75 Å². The first-order valence-electron chi connectivity index (χ1n) is 11.5. The van der Waals surface area contributed by atoms with Gasteiger partial charge in [-0.15, -0.1) is 0 Å². The van der Waals surface area contributed by atoms with Gasteiger partial charge in [-0.2, -0.15) is 0 Å². The van der Waals surface area contributed by atoms with Gasteiger partial charge in [-0.05, 0) is 63.6 Å². The smallest absolute Gasteiger partial charge is 0.255 e. The number of primary amides is 1. The van der Waals surface area contributed by atoms with Gasteiger partial charge >= 0.3 is 0 Å². The van der Waals surface area contributed by atoms with E-state index in [0.29, 0.717) is 12.1 Å². The van der Waals surface area contributed by atoms with Gasteiger partial charge in [-0.1, -0.05) is 13.0 Å². The van der Waals surface area contributed by atoms with Crippen molar-refractivity contribution in [1.29, 1.82) is 0 Å². The number of nitrogens with zero attached hydrogens (tertiary/aromatic N) is 2. The van der Waals surface area contributed by atoms with Crippen LogP contribution in [-0.4, -0.2) is 87.0 Å². The van der Waals surface area contributed by atoms with Crippen LogP contribution in [0.25, 0.3) is 0 Å². The van der Waals surface area contributed by atoms with Crippen molar-refractivity contribution in [2.24, 2.45) is 17.6 Å². The van der Waals surface area contributed by atoms with Crippen molar-refractivity contribution in [3.63, 3.8) is 0 Å². The Bertz CT molecular complexity index is 1200. The highest BCUT2D eigenvalue weighted by Gasteiger charge is 2.63. The monoisotopic (exact) mass is 485 g/mol. The van der Waals surface area contributed by atoms with Crippen LogP contribution in [0.3, 0.4) is 0 Å². The molecule has 2 unspecified atom stereocenters. The molecule has 0 spiro atoms. The zero-order valence-electron chi connectivity index (χ0n) is 20.2. The molecule has 1 aromatic rings. The molecule has 3 aliphatic rings. The van der Waals surface area contributed by atoms with E-state index in [9.17, 15) is 34.8 Å². The quantitative estimate of drug-likeness (QED) is 0.375. The summed E-state index contributed by atoms with van der Waals surface area (Å²) in [6.07, 6.45) is 0.361. The van der Waals surface area contributed by atoms with E-state index in [0.717, 1.165) is 12.1 Å². The molecule has 0 saturated carbocycles. The fraction of sp³-hybridized carbons (Fsp3) is 0.480. The fourth-order valence-corrected chi connectivity index (χ4v) is 5.87. The molecule has 0 aromatic heterocycles. The van der Waals surface area contributed by atoms with Crippen molar-refractivity contribution in [2.75, 3.05) is 27.7 Å². The molecular formula is C25H31N3O7. The Morgan fingerprint density at radius 3 is 2.40 bits per heavy atom.